The molecule has 0 radical (unpaired) electrons. The number of rotatable bonds is 2. The number of nitrogen functional groups attached to an aromatic ring is 1. The van der Waals surface area contributed by atoms with Gasteiger partial charge < -0.3 is 10.8 Å². The van der Waals surface area contributed by atoms with Crippen molar-refractivity contribution in [3.05, 3.63) is 28.0 Å². The van der Waals surface area contributed by atoms with Crippen LogP contribution in [0.25, 0.3) is 0 Å². The molecule has 0 atom stereocenters. The zero-order valence-corrected chi connectivity index (χ0v) is 8.14. The quantitative estimate of drug-likeness (QED) is 0.784. The summed E-state index contributed by atoms with van der Waals surface area (Å²) in [4.78, 5) is 10.4. The van der Waals surface area contributed by atoms with Gasteiger partial charge in [-0.1, -0.05) is 0 Å². The van der Waals surface area contributed by atoms with Crippen molar-refractivity contribution in [3.63, 3.8) is 0 Å². The van der Waals surface area contributed by atoms with Crippen LogP contribution in [-0.2, 0) is 11.2 Å². The minimum absolute atomic E-state index is 0.205. The van der Waals surface area contributed by atoms with Gasteiger partial charge in [0, 0.05) is 10.2 Å². The van der Waals surface area contributed by atoms with Crippen LogP contribution < -0.4 is 5.73 Å². The third kappa shape index (κ3) is 2.42. The van der Waals surface area contributed by atoms with Crippen molar-refractivity contribution in [2.75, 3.05) is 5.73 Å². The summed E-state index contributed by atoms with van der Waals surface area (Å²) in [5.41, 5.74) is 5.96. The van der Waals surface area contributed by atoms with Gasteiger partial charge in [-0.2, -0.15) is 0 Å². The van der Waals surface area contributed by atoms with E-state index < -0.39 is 11.8 Å². The van der Waals surface area contributed by atoms with Gasteiger partial charge in [-0.05, 0) is 33.6 Å². The van der Waals surface area contributed by atoms with Crippen molar-refractivity contribution < 1.29 is 14.3 Å². The molecule has 0 spiro atoms. The molecule has 0 aromatic heterocycles. The van der Waals surface area contributed by atoms with Crippen molar-refractivity contribution in [1.29, 1.82) is 0 Å². The highest BCUT2D eigenvalue weighted by Crippen LogP contribution is 2.25. The van der Waals surface area contributed by atoms with E-state index in [1.807, 2.05) is 0 Å². The molecule has 0 bridgehead atoms. The van der Waals surface area contributed by atoms with Crippen LogP contribution in [0, 0.1) is 5.82 Å². The second kappa shape index (κ2) is 3.74. The van der Waals surface area contributed by atoms with Gasteiger partial charge in [-0.3, -0.25) is 4.79 Å². The van der Waals surface area contributed by atoms with Crippen LogP contribution in [0.5, 0.6) is 0 Å². The fraction of sp³-hybridized carbons (Fsp3) is 0.125. The maximum atomic E-state index is 12.8. The molecule has 13 heavy (non-hydrogen) atoms. The molecular formula is C8H7BrFNO2. The molecular weight excluding hydrogens is 241 g/mol. The smallest absolute Gasteiger partial charge is 0.307 e. The lowest BCUT2D eigenvalue weighted by atomic mass is 10.1. The van der Waals surface area contributed by atoms with E-state index in [1.165, 1.54) is 0 Å². The predicted molar refractivity (Wildman–Crippen MR) is 49.9 cm³/mol. The average molecular weight is 248 g/mol. The molecule has 5 heteroatoms. The largest absolute Gasteiger partial charge is 0.481 e. The summed E-state index contributed by atoms with van der Waals surface area (Å²) >= 11 is 3.09. The lowest BCUT2D eigenvalue weighted by molar-refractivity contribution is -0.136. The number of hydrogen-bond donors (Lipinski definition) is 2. The number of carbonyl (C=O) groups is 1. The van der Waals surface area contributed by atoms with Gasteiger partial charge in [-0.15, -0.1) is 0 Å². The Hall–Kier alpha value is -1.10. The van der Waals surface area contributed by atoms with Gasteiger partial charge in [0.05, 0.1) is 6.42 Å². The van der Waals surface area contributed by atoms with Crippen LogP contribution in [-0.4, -0.2) is 11.1 Å². The maximum absolute atomic E-state index is 12.8. The van der Waals surface area contributed by atoms with E-state index in [-0.39, 0.29) is 12.1 Å². The molecule has 1 rings (SSSR count). The predicted octanol–water partition coefficient (Wildman–Crippen LogP) is 1.80. The molecule has 0 aliphatic rings. The summed E-state index contributed by atoms with van der Waals surface area (Å²) in [6.45, 7) is 0. The Morgan fingerprint density at radius 3 is 2.77 bits per heavy atom. The zero-order valence-electron chi connectivity index (χ0n) is 6.55. The summed E-state index contributed by atoms with van der Waals surface area (Å²) in [5.74, 6) is -1.55. The van der Waals surface area contributed by atoms with Gasteiger partial charge in [0.1, 0.15) is 5.82 Å². The minimum atomic E-state index is -1.02. The maximum Gasteiger partial charge on any atom is 0.307 e. The number of carboxylic acid groups (broad SMARTS) is 1. The zero-order chi connectivity index (χ0) is 10.0. The highest BCUT2D eigenvalue weighted by molar-refractivity contribution is 9.10. The van der Waals surface area contributed by atoms with Crippen LogP contribution in [0.2, 0.25) is 0 Å². The molecule has 1 aromatic carbocycles. The van der Waals surface area contributed by atoms with Crippen molar-refractivity contribution in [2.45, 2.75) is 6.42 Å². The molecule has 0 saturated heterocycles. The summed E-state index contributed by atoms with van der Waals surface area (Å²) in [7, 11) is 0. The van der Waals surface area contributed by atoms with Crippen molar-refractivity contribution in [3.8, 4) is 0 Å². The van der Waals surface area contributed by atoms with E-state index in [4.69, 9.17) is 10.8 Å². The second-order valence-corrected chi connectivity index (χ2v) is 3.33. The third-order valence-corrected chi connectivity index (χ3v) is 2.45. The summed E-state index contributed by atoms with van der Waals surface area (Å²) < 4.78 is 13.2. The van der Waals surface area contributed by atoms with Crippen LogP contribution in [0.15, 0.2) is 16.6 Å². The number of benzene rings is 1. The van der Waals surface area contributed by atoms with E-state index in [1.54, 1.807) is 0 Å². The standard InChI is InChI=1S/C8H7BrFNO2/c9-8-4(2-7(12)13)1-5(10)3-6(8)11/h1,3H,2,11H2,(H,12,13). The van der Waals surface area contributed by atoms with Crippen LogP contribution in [0.4, 0.5) is 10.1 Å². The van der Waals surface area contributed by atoms with Crippen molar-refractivity contribution >= 4 is 27.6 Å². The first-order chi connectivity index (χ1) is 6.00. The second-order valence-electron chi connectivity index (χ2n) is 2.54. The molecule has 70 valence electrons. The monoisotopic (exact) mass is 247 g/mol. The molecule has 0 heterocycles. The fourth-order valence-electron chi connectivity index (χ4n) is 0.960. The van der Waals surface area contributed by atoms with E-state index in [0.717, 1.165) is 12.1 Å². The number of halogens is 2. The highest BCUT2D eigenvalue weighted by Gasteiger charge is 2.09. The molecule has 0 unspecified atom stereocenters. The Bertz CT molecular complexity index is 354. The normalized spacial score (nSPS) is 10.0. The Morgan fingerprint density at radius 1 is 1.62 bits per heavy atom. The van der Waals surface area contributed by atoms with E-state index in [2.05, 4.69) is 15.9 Å². The van der Waals surface area contributed by atoms with E-state index >= 15 is 0 Å². The number of aliphatic carboxylic acids is 1. The van der Waals surface area contributed by atoms with Gasteiger partial charge in [0.15, 0.2) is 0 Å². The lowest BCUT2D eigenvalue weighted by Crippen LogP contribution is -2.03. The van der Waals surface area contributed by atoms with E-state index in [9.17, 15) is 9.18 Å². The van der Waals surface area contributed by atoms with Crippen molar-refractivity contribution in [2.24, 2.45) is 0 Å². The highest BCUT2D eigenvalue weighted by atomic mass is 79.9. The molecule has 1 aromatic rings. The van der Waals surface area contributed by atoms with Gasteiger partial charge >= 0.3 is 5.97 Å². The third-order valence-electron chi connectivity index (χ3n) is 1.48. The Labute approximate surface area is 82.5 Å². The first-order valence-electron chi connectivity index (χ1n) is 3.46. The summed E-state index contributed by atoms with van der Waals surface area (Å²) in [6.07, 6.45) is -0.247. The first-order valence-corrected chi connectivity index (χ1v) is 4.25. The van der Waals surface area contributed by atoms with Crippen LogP contribution in [0.1, 0.15) is 5.56 Å². The van der Waals surface area contributed by atoms with Crippen LogP contribution in [0.3, 0.4) is 0 Å². The Morgan fingerprint density at radius 2 is 2.23 bits per heavy atom. The average Bonchev–Trinajstić information content (AvgIpc) is 1.98. The number of anilines is 1. The minimum Gasteiger partial charge on any atom is -0.481 e. The molecule has 0 amide bonds. The fourth-order valence-corrected chi connectivity index (χ4v) is 1.33. The lowest BCUT2D eigenvalue weighted by Gasteiger charge is -2.04. The Kier molecular flexibility index (Phi) is 2.87. The summed E-state index contributed by atoms with van der Waals surface area (Å²) in [6, 6.07) is 2.28. The topological polar surface area (TPSA) is 63.3 Å². The molecule has 0 fully saturated rings. The molecule has 0 saturated carbocycles. The molecule has 0 aliphatic carbocycles. The SMILES string of the molecule is Nc1cc(F)cc(CC(=O)O)c1Br. The Balaban J connectivity index is 3.12. The van der Waals surface area contributed by atoms with Gasteiger partial charge in [0.2, 0.25) is 0 Å². The molecule has 3 nitrogen and oxygen atoms in total. The summed E-state index contributed by atoms with van der Waals surface area (Å²) in [5, 5.41) is 8.49. The number of carboxylic acids is 1. The number of hydrogen-bond acceptors (Lipinski definition) is 2. The van der Waals surface area contributed by atoms with Crippen LogP contribution >= 0.6 is 15.9 Å². The number of nitrogens with two attached hydrogens (primary N) is 1. The van der Waals surface area contributed by atoms with E-state index in [0.29, 0.717) is 10.0 Å². The molecule has 0 aliphatic heterocycles. The van der Waals surface area contributed by atoms with Gasteiger partial charge in [-0.25, -0.2) is 4.39 Å². The first kappa shape index (κ1) is 9.98. The van der Waals surface area contributed by atoms with Crippen molar-refractivity contribution in [1.82, 2.24) is 0 Å². The molecule has 3 N–H and O–H groups in total. The van der Waals surface area contributed by atoms with Gasteiger partial charge in [0.25, 0.3) is 0 Å².